The lowest BCUT2D eigenvalue weighted by atomic mass is 10.0. The molecule has 1 aliphatic carbocycles. The maximum absolute atomic E-state index is 5.36. The predicted octanol–water partition coefficient (Wildman–Crippen LogP) is 2.72. The van der Waals surface area contributed by atoms with E-state index in [-0.39, 0.29) is 0 Å². The van der Waals surface area contributed by atoms with Gasteiger partial charge in [0.15, 0.2) is 0 Å². The molecule has 1 aromatic rings. The maximum atomic E-state index is 5.36. The van der Waals surface area contributed by atoms with Gasteiger partial charge in [-0.2, -0.15) is 0 Å². The van der Waals surface area contributed by atoms with Crippen LogP contribution >= 0.6 is 0 Å². The summed E-state index contributed by atoms with van der Waals surface area (Å²) in [6, 6.07) is 2.30. The molecule has 4 heteroatoms. The van der Waals surface area contributed by atoms with E-state index in [1.54, 1.807) is 0 Å². The van der Waals surface area contributed by atoms with Crippen LogP contribution in [0.2, 0.25) is 0 Å². The Hall–Kier alpha value is -1.32. The second-order valence-corrected chi connectivity index (χ2v) is 5.70. The number of nitrogens with one attached hydrogen (secondary N) is 1. The molecule has 0 unspecified atom stereocenters. The Morgan fingerprint density at radius 2 is 1.88 bits per heavy atom. The normalized spacial score (nSPS) is 21.0. The summed E-state index contributed by atoms with van der Waals surface area (Å²) in [5.41, 5.74) is 0.591. The molecule has 0 aromatic carbocycles. The van der Waals surface area contributed by atoms with Gasteiger partial charge in [0, 0.05) is 12.1 Å². The van der Waals surface area contributed by atoms with E-state index in [9.17, 15) is 0 Å². The van der Waals surface area contributed by atoms with Crippen LogP contribution < -0.4 is 10.1 Å². The lowest BCUT2D eigenvalue weighted by molar-refractivity contribution is 0.326. The molecule has 0 bridgehead atoms. The topological polar surface area (TPSA) is 47.0 Å². The predicted molar refractivity (Wildman–Crippen MR) is 68.2 cm³/mol. The van der Waals surface area contributed by atoms with Crippen molar-refractivity contribution in [3.8, 4) is 5.88 Å². The van der Waals surface area contributed by atoms with Gasteiger partial charge in [0.05, 0.1) is 6.61 Å². The number of ether oxygens (including phenoxy) is 1. The van der Waals surface area contributed by atoms with Crippen molar-refractivity contribution in [1.29, 1.82) is 0 Å². The van der Waals surface area contributed by atoms with Crippen LogP contribution in [0.1, 0.15) is 34.6 Å². The van der Waals surface area contributed by atoms with Crippen LogP contribution in [-0.4, -0.2) is 22.6 Å². The van der Waals surface area contributed by atoms with E-state index >= 15 is 0 Å². The first kappa shape index (κ1) is 12.1. The van der Waals surface area contributed by atoms with Crippen LogP contribution in [0.15, 0.2) is 12.4 Å². The minimum atomic E-state index is 0.295. The Balaban J connectivity index is 2.08. The van der Waals surface area contributed by atoms with Crippen molar-refractivity contribution < 1.29 is 4.74 Å². The smallest absolute Gasteiger partial charge is 0.218 e. The van der Waals surface area contributed by atoms with E-state index in [1.165, 1.54) is 6.33 Å². The van der Waals surface area contributed by atoms with Crippen molar-refractivity contribution in [2.45, 2.75) is 40.7 Å². The Morgan fingerprint density at radius 3 is 2.41 bits per heavy atom. The summed E-state index contributed by atoms with van der Waals surface area (Å²) in [5.74, 6) is 1.47. The van der Waals surface area contributed by atoms with Crippen LogP contribution in [0.4, 0.5) is 5.82 Å². The number of nitrogens with zero attached hydrogens (tertiary/aromatic N) is 2. The zero-order valence-electron chi connectivity index (χ0n) is 11.2. The third-order valence-corrected chi connectivity index (χ3v) is 4.25. The van der Waals surface area contributed by atoms with Gasteiger partial charge in [0.1, 0.15) is 12.1 Å². The van der Waals surface area contributed by atoms with Crippen molar-refractivity contribution in [2.24, 2.45) is 10.8 Å². The molecule has 2 rings (SSSR count). The van der Waals surface area contributed by atoms with Gasteiger partial charge >= 0.3 is 0 Å². The summed E-state index contributed by atoms with van der Waals surface area (Å²) in [4.78, 5) is 8.29. The molecule has 0 spiro atoms. The average molecular weight is 235 g/mol. The van der Waals surface area contributed by atoms with Gasteiger partial charge in [-0.3, -0.25) is 0 Å². The summed E-state index contributed by atoms with van der Waals surface area (Å²) in [6.45, 7) is 11.7. The van der Waals surface area contributed by atoms with E-state index in [0.717, 1.165) is 5.82 Å². The fourth-order valence-electron chi connectivity index (χ4n) is 2.35. The Bertz CT molecular complexity index is 401. The zero-order valence-corrected chi connectivity index (χ0v) is 11.2. The molecule has 0 radical (unpaired) electrons. The largest absolute Gasteiger partial charge is 0.478 e. The van der Waals surface area contributed by atoms with E-state index in [1.807, 2.05) is 13.0 Å². The molecule has 4 nitrogen and oxygen atoms in total. The molecule has 1 N–H and O–H groups in total. The summed E-state index contributed by atoms with van der Waals surface area (Å²) < 4.78 is 5.36. The number of rotatable bonds is 4. The second-order valence-electron chi connectivity index (χ2n) is 5.70. The molecular weight excluding hydrogens is 214 g/mol. The lowest BCUT2D eigenvalue weighted by Gasteiger charge is -2.08. The first-order chi connectivity index (χ1) is 7.89. The molecule has 0 amide bonds. The van der Waals surface area contributed by atoms with Gasteiger partial charge in [0.25, 0.3) is 0 Å². The van der Waals surface area contributed by atoms with Gasteiger partial charge in [0.2, 0.25) is 5.88 Å². The minimum Gasteiger partial charge on any atom is -0.478 e. The zero-order chi connectivity index (χ0) is 12.7. The third kappa shape index (κ3) is 1.96. The van der Waals surface area contributed by atoms with E-state index in [2.05, 4.69) is 43.0 Å². The quantitative estimate of drug-likeness (QED) is 0.871. The summed E-state index contributed by atoms with van der Waals surface area (Å²) >= 11 is 0. The van der Waals surface area contributed by atoms with E-state index < -0.39 is 0 Å². The van der Waals surface area contributed by atoms with Crippen LogP contribution in [0.5, 0.6) is 5.88 Å². The Kier molecular flexibility index (Phi) is 2.76. The van der Waals surface area contributed by atoms with Crippen LogP contribution in [-0.2, 0) is 0 Å². The van der Waals surface area contributed by atoms with Crippen LogP contribution in [0.3, 0.4) is 0 Å². The van der Waals surface area contributed by atoms with Crippen molar-refractivity contribution in [3.63, 3.8) is 0 Å². The standard InChI is InChI=1S/C13H21N3O/c1-6-17-10-7-9(14-8-15-10)16-11-12(2,3)13(11,4)5/h7-8,11H,6H2,1-5H3,(H,14,15,16). The molecule has 0 saturated heterocycles. The fourth-order valence-corrected chi connectivity index (χ4v) is 2.35. The highest BCUT2D eigenvalue weighted by molar-refractivity contribution is 5.43. The molecule has 0 atom stereocenters. The van der Waals surface area contributed by atoms with Crippen LogP contribution in [0, 0.1) is 10.8 Å². The summed E-state index contributed by atoms with van der Waals surface area (Å²) in [7, 11) is 0. The first-order valence-electron chi connectivity index (χ1n) is 6.11. The van der Waals surface area contributed by atoms with E-state index in [0.29, 0.717) is 29.4 Å². The molecule has 1 heterocycles. The highest BCUT2D eigenvalue weighted by Gasteiger charge is 2.65. The van der Waals surface area contributed by atoms with Gasteiger partial charge in [-0.25, -0.2) is 9.97 Å². The molecule has 17 heavy (non-hydrogen) atoms. The highest BCUT2D eigenvalue weighted by atomic mass is 16.5. The Morgan fingerprint density at radius 1 is 1.24 bits per heavy atom. The monoisotopic (exact) mass is 235 g/mol. The molecule has 1 fully saturated rings. The van der Waals surface area contributed by atoms with Gasteiger partial charge in [-0.1, -0.05) is 27.7 Å². The van der Waals surface area contributed by atoms with Gasteiger partial charge < -0.3 is 10.1 Å². The molecule has 94 valence electrons. The maximum Gasteiger partial charge on any atom is 0.218 e. The minimum absolute atomic E-state index is 0.295. The molecule has 0 aliphatic heterocycles. The van der Waals surface area contributed by atoms with E-state index in [4.69, 9.17) is 4.74 Å². The number of anilines is 1. The molecule has 1 aliphatic rings. The summed E-state index contributed by atoms with van der Waals surface area (Å²) in [5, 5.41) is 3.46. The Labute approximate surface area is 103 Å². The lowest BCUT2D eigenvalue weighted by Crippen LogP contribution is -2.11. The van der Waals surface area contributed by atoms with Crippen molar-refractivity contribution in [1.82, 2.24) is 9.97 Å². The molecule has 1 saturated carbocycles. The first-order valence-corrected chi connectivity index (χ1v) is 6.11. The van der Waals surface area contributed by atoms with Crippen LogP contribution in [0.25, 0.3) is 0 Å². The fraction of sp³-hybridized carbons (Fsp3) is 0.692. The van der Waals surface area contributed by atoms with Crippen molar-refractivity contribution in [3.05, 3.63) is 12.4 Å². The molecule has 1 aromatic heterocycles. The highest BCUT2D eigenvalue weighted by Crippen LogP contribution is 2.63. The van der Waals surface area contributed by atoms with Crippen molar-refractivity contribution >= 4 is 5.82 Å². The number of aromatic nitrogens is 2. The molecular formula is C13H21N3O. The SMILES string of the molecule is CCOc1cc(NC2C(C)(C)C2(C)C)ncn1. The summed E-state index contributed by atoms with van der Waals surface area (Å²) in [6.07, 6.45) is 1.54. The van der Waals surface area contributed by atoms with Crippen molar-refractivity contribution in [2.75, 3.05) is 11.9 Å². The van der Waals surface area contributed by atoms with Gasteiger partial charge in [-0.15, -0.1) is 0 Å². The van der Waals surface area contributed by atoms with Gasteiger partial charge in [-0.05, 0) is 17.8 Å². The average Bonchev–Trinajstić information content (AvgIpc) is 2.62. The number of hydrogen-bond donors (Lipinski definition) is 1. The second kappa shape index (κ2) is 3.86. The number of hydrogen-bond acceptors (Lipinski definition) is 4. The third-order valence-electron chi connectivity index (χ3n) is 4.25.